The Morgan fingerprint density at radius 1 is 1.29 bits per heavy atom. The van der Waals surface area contributed by atoms with Gasteiger partial charge >= 0.3 is 108 Å². The number of halogens is 1. The number of benzene rings is 1. The molecule has 2 rings (SSSR count). The minimum absolute atomic E-state index is 0.00745. The Kier molecular flexibility index (Phi) is 4.36. The molecule has 1 aromatic carbocycles. The first-order valence-electron chi connectivity index (χ1n) is 4.71. The quantitative estimate of drug-likeness (QED) is 0.623. The molecule has 0 radical (unpaired) electrons. The van der Waals surface area contributed by atoms with Gasteiger partial charge in [0.25, 0.3) is 0 Å². The number of hydrogen-bond acceptors (Lipinski definition) is 5. The van der Waals surface area contributed by atoms with Crippen molar-refractivity contribution in [3.8, 4) is 5.75 Å². The Morgan fingerprint density at radius 2 is 1.88 bits per heavy atom. The summed E-state index contributed by atoms with van der Waals surface area (Å²) < 4.78 is 37.9. The van der Waals surface area contributed by atoms with Crippen LogP contribution in [0, 0.1) is 0 Å². The van der Waals surface area contributed by atoms with Crippen LogP contribution in [0.5, 0.6) is 5.75 Å². The Bertz CT molecular complexity index is 449. The first kappa shape index (κ1) is 13.2. The first-order chi connectivity index (χ1) is 8.07. The van der Waals surface area contributed by atoms with E-state index in [1.165, 1.54) is 0 Å². The zero-order chi connectivity index (χ0) is 12.3. The van der Waals surface area contributed by atoms with Crippen LogP contribution in [0.1, 0.15) is 0 Å². The summed E-state index contributed by atoms with van der Waals surface area (Å²) in [5, 5.41) is 0.605. The number of hydrogen-bond donors (Lipinski definition) is 0. The minimum atomic E-state index is -2.70. The Balaban J connectivity index is 1.91. The predicted octanol–water partition coefficient (Wildman–Crippen LogP) is 2.42. The van der Waals surface area contributed by atoms with Crippen LogP contribution in [0.25, 0.3) is 0 Å². The average Bonchev–Trinajstić information content (AvgIpc) is 2.33. The molecule has 17 heavy (non-hydrogen) atoms. The van der Waals surface area contributed by atoms with E-state index in [1.54, 1.807) is 24.3 Å². The summed E-state index contributed by atoms with van der Waals surface area (Å²) in [5.41, 5.74) is 0. The fourth-order valence-electron chi connectivity index (χ4n) is 1.15. The van der Waals surface area contributed by atoms with Gasteiger partial charge in [-0.1, -0.05) is 0 Å². The van der Waals surface area contributed by atoms with Gasteiger partial charge in [-0.25, -0.2) is 0 Å². The van der Waals surface area contributed by atoms with Crippen molar-refractivity contribution in [3.63, 3.8) is 0 Å². The van der Waals surface area contributed by atoms with Gasteiger partial charge in [0.2, 0.25) is 0 Å². The molecule has 0 atom stereocenters. The first-order valence-corrected chi connectivity index (χ1v) is 9.45. The summed E-state index contributed by atoms with van der Waals surface area (Å²) in [4.78, 5) is 0. The molecule has 0 amide bonds. The van der Waals surface area contributed by atoms with Crippen LogP contribution >= 0.6 is 18.7 Å². The second kappa shape index (κ2) is 5.61. The molecule has 1 fully saturated rings. The maximum absolute atomic E-state index is 12.1. The van der Waals surface area contributed by atoms with Crippen LogP contribution < -0.4 is 4.74 Å². The molecule has 0 aromatic heterocycles. The zero-order valence-electron chi connectivity index (χ0n) is 8.71. The van der Waals surface area contributed by atoms with E-state index in [-0.39, 0.29) is 19.0 Å². The van der Waals surface area contributed by atoms with Crippen LogP contribution in [-0.2, 0) is 16.0 Å². The molecule has 1 heterocycles. The number of ether oxygens (including phenoxy) is 1. The molecule has 1 aromatic rings. The average molecular weight is 344 g/mol. The van der Waals surface area contributed by atoms with Gasteiger partial charge in [-0.15, -0.1) is 0 Å². The molecule has 1 aliphatic heterocycles. The Morgan fingerprint density at radius 3 is 2.47 bits per heavy atom. The van der Waals surface area contributed by atoms with Gasteiger partial charge < -0.3 is 0 Å². The summed E-state index contributed by atoms with van der Waals surface area (Å²) in [6.07, 6.45) is -0.0863. The SMILES string of the molecule is O=[Se]1OCP(=O)(COc2ccc(Cl)cc2)CO1. The molecule has 1 aliphatic rings. The van der Waals surface area contributed by atoms with E-state index < -0.39 is 21.6 Å². The molecule has 94 valence electrons. The van der Waals surface area contributed by atoms with Crippen molar-refractivity contribution in [2.75, 3.05) is 19.0 Å². The molecule has 0 bridgehead atoms. The van der Waals surface area contributed by atoms with Crippen LogP contribution in [0.4, 0.5) is 0 Å². The van der Waals surface area contributed by atoms with Gasteiger partial charge in [0.15, 0.2) is 0 Å². The third kappa shape index (κ3) is 3.88. The second-order valence-corrected chi connectivity index (χ2v) is 8.66. The second-order valence-electron chi connectivity index (χ2n) is 3.48. The third-order valence-electron chi connectivity index (χ3n) is 2.05. The molecule has 0 spiro atoms. The molecular weight excluding hydrogens is 333 g/mol. The van der Waals surface area contributed by atoms with E-state index in [9.17, 15) is 8.40 Å². The predicted molar refractivity (Wildman–Crippen MR) is 62.9 cm³/mol. The molecule has 0 N–H and O–H groups in total. The van der Waals surface area contributed by atoms with Crippen molar-refractivity contribution in [2.24, 2.45) is 0 Å². The fraction of sp³-hybridized carbons (Fsp3) is 0.333. The monoisotopic (exact) mass is 344 g/mol. The standard InChI is InChI=1S/C9H10ClO5PSe/c10-8-1-3-9(4-2-8)13-5-16(11)6-14-17(12)15-7-16/h1-4H,5-7H2. The summed E-state index contributed by atoms with van der Waals surface area (Å²) >= 11 is 3.07. The summed E-state index contributed by atoms with van der Waals surface area (Å²) in [5.74, 6) is 0.574. The van der Waals surface area contributed by atoms with Crippen LogP contribution in [0.15, 0.2) is 24.3 Å². The fourth-order valence-corrected chi connectivity index (χ4v) is 6.08. The normalized spacial score (nSPS) is 28.9. The van der Waals surface area contributed by atoms with E-state index >= 15 is 0 Å². The van der Waals surface area contributed by atoms with Crippen molar-refractivity contribution >= 4 is 33.2 Å². The molecule has 0 unspecified atom stereocenters. The third-order valence-corrected chi connectivity index (χ3v) is 6.19. The van der Waals surface area contributed by atoms with E-state index in [2.05, 4.69) is 0 Å². The number of rotatable bonds is 3. The van der Waals surface area contributed by atoms with Gasteiger partial charge in [0.05, 0.1) is 0 Å². The van der Waals surface area contributed by atoms with Crippen molar-refractivity contribution < 1.29 is 20.8 Å². The summed E-state index contributed by atoms with van der Waals surface area (Å²) in [6.45, 7) is 0. The van der Waals surface area contributed by atoms with Gasteiger partial charge in [-0.3, -0.25) is 0 Å². The topological polar surface area (TPSA) is 61.8 Å². The molecule has 8 heteroatoms. The zero-order valence-corrected chi connectivity index (χ0v) is 12.1. The van der Waals surface area contributed by atoms with Crippen molar-refractivity contribution in [3.05, 3.63) is 29.3 Å². The molecule has 1 saturated heterocycles. The van der Waals surface area contributed by atoms with Crippen molar-refractivity contribution in [2.45, 2.75) is 0 Å². The van der Waals surface area contributed by atoms with Gasteiger partial charge in [0, 0.05) is 0 Å². The van der Waals surface area contributed by atoms with E-state index in [4.69, 9.17) is 24.0 Å². The summed E-state index contributed by atoms with van der Waals surface area (Å²) in [7, 11) is -2.70. The summed E-state index contributed by atoms with van der Waals surface area (Å²) in [6, 6.07) is 6.73. The van der Waals surface area contributed by atoms with Crippen LogP contribution in [0.2, 0.25) is 5.02 Å². The molecule has 0 saturated carbocycles. The van der Waals surface area contributed by atoms with Crippen LogP contribution in [-0.4, -0.2) is 33.5 Å². The Labute approximate surface area is 108 Å². The van der Waals surface area contributed by atoms with Gasteiger partial charge in [0.1, 0.15) is 0 Å². The Hall–Kier alpha value is -0.221. The molecule has 5 nitrogen and oxygen atoms in total. The van der Waals surface area contributed by atoms with Crippen molar-refractivity contribution in [1.82, 2.24) is 0 Å². The van der Waals surface area contributed by atoms with E-state index in [1.807, 2.05) is 0 Å². The van der Waals surface area contributed by atoms with Gasteiger partial charge in [-0.2, -0.15) is 0 Å². The van der Waals surface area contributed by atoms with Gasteiger partial charge in [-0.05, 0) is 0 Å². The van der Waals surface area contributed by atoms with E-state index in [0.29, 0.717) is 10.8 Å². The molecular formula is C9H10ClO5PSe. The van der Waals surface area contributed by atoms with E-state index in [0.717, 1.165) is 0 Å². The van der Waals surface area contributed by atoms with Crippen molar-refractivity contribution in [1.29, 1.82) is 0 Å². The maximum atomic E-state index is 12.1. The molecule has 0 aliphatic carbocycles. The van der Waals surface area contributed by atoms with Crippen LogP contribution in [0.3, 0.4) is 0 Å².